The molecular weight excluding hydrogens is 476 g/mol. The summed E-state index contributed by atoms with van der Waals surface area (Å²) in [7, 11) is 0. The van der Waals surface area contributed by atoms with Crippen LogP contribution >= 0.6 is 15.9 Å². The second-order valence-electron chi connectivity index (χ2n) is 8.42. The van der Waals surface area contributed by atoms with Crippen LogP contribution in [-0.2, 0) is 20.9 Å². The third kappa shape index (κ3) is 5.56. The van der Waals surface area contributed by atoms with Crippen LogP contribution in [0.15, 0.2) is 33.3 Å². The largest absolute Gasteiger partial charge is 0.466 e. The van der Waals surface area contributed by atoms with Crippen molar-refractivity contribution in [3.63, 3.8) is 0 Å². The molecule has 0 radical (unpaired) electrons. The number of esters is 1. The van der Waals surface area contributed by atoms with Crippen LogP contribution in [0.4, 0.5) is 0 Å². The number of aromatic nitrogens is 2. The van der Waals surface area contributed by atoms with Crippen LogP contribution in [0.3, 0.4) is 0 Å². The van der Waals surface area contributed by atoms with E-state index in [-0.39, 0.29) is 23.7 Å². The average Bonchev–Trinajstić information content (AvgIpc) is 3.28. The summed E-state index contributed by atoms with van der Waals surface area (Å²) in [6.45, 7) is 5.76. The molecule has 1 aromatic carbocycles. The molecule has 1 aromatic heterocycles. The van der Waals surface area contributed by atoms with E-state index in [1.807, 2.05) is 36.1 Å². The van der Waals surface area contributed by atoms with Crippen molar-refractivity contribution in [1.29, 1.82) is 0 Å². The molecule has 172 valence electrons. The lowest BCUT2D eigenvalue weighted by molar-refractivity contribution is -0.152. The van der Waals surface area contributed by atoms with E-state index in [0.29, 0.717) is 50.8 Å². The summed E-state index contributed by atoms with van der Waals surface area (Å²) in [5, 5.41) is 4.09. The number of rotatable bonds is 6. The van der Waals surface area contributed by atoms with Gasteiger partial charge in [0.15, 0.2) is 0 Å². The zero-order valence-corrected chi connectivity index (χ0v) is 19.9. The molecule has 0 saturated carbocycles. The van der Waals surface area contributed by atoms with Gasteiger partial charge in [-0.05, 0) is 70.0 Å². The maximum absolute atomic E-state index is 13.0. The van der Waals surface area contributed by atoms with Gasteiger partial charge in [-0.25, -0.2) is 0 Å². The van der Waals surface area contributed by atoms with E-state index < -0.39 is 0 Å². The van der Waals surface area contributed by atoms with Crippen molar-refractivity contribution in [2.24, 2.45) is 11.8 Å². The molecule has 0 aliphatic carbocycles. The highest BCUT2D eigenvalue weighted by Gasteiger charge is 2.33. The Morgan fingerprint density at radius 3 is 2.38 bits per heavy atom. The molecule has 2 fully saturated rings. The van der Waals surface area contributed by atoms with Crippen molar-refractivity contribution in [2.75, 3.05) is 32.8 Å². The van der Waals surface area contributed by atoms with Gasteiger partial charge >= 0.3 is 5.97 Å². The number of hydrogen-bond acceptors (Lipinski definition) is 7. The standard InChI is InChI=1S/C23H29BrN4O4/c1-2-31-23(30)18-9-13-28(14-10-18)22(29)17-7-11-27(12-8-17)15-20-25-21(26-32-20)16-3-5-19(24)6-4-16/h3-6,17-18H,2,7-15H2,1H3. The van der Waals surface area contributed by atoms with Gasteiger partial charge in [0.1, 0.15) is 0 Å². The van der Waals surface area contributed by atoms with E-state index in [2.05, 4.69) is 31.0 Å². The molecule has 2 aliphatic rings. The van der Waals surface area contributed by atoms with Crippen molar-refractivity contribution in [2.45, 2.75) is 39.2 Å². The Kier molecular flexibility index (Phi) is 7.57. The first-order chi connectivity index (χ1) is 15.5. The maximum Gasteiger partial charge on any atom is 0.309 e. The number of amides is 1. The van der Waals surface area contributed by atoms with Gasteiger partial charge in [0.2, 0.25) is 17.6 Å². The Hall–Kier alpha value is -2.26. The van der Waals surface area contributed by atoms with Crippen molar-refractivity contribution in [3.05, 3.63) is 34.6 Å². The number of nitrogens with zero attached hydrogens (tertiary/aromatic N) is 4. The lowest BCUT2D eigenvalue weighted by Gasteiger charge is -2.36. The third-order valence-electron chi connectivity index (χ3n) is 6.29. The highest BCUT2D eigenvalue weighted by atomic mass is 79.9. The highest BCUT2D eigenvalue weighted by molar-refractivity contribution is 9.10. The lowest BCUT2D eigenvalue weighted by Crippen LogP contribution is -2.46. The number of carbonyl (C=O) groups is 2. The number of benzene rings is 1. The molecule has 2 aromatic rings. The molecule has 0 spiro atoms. The minimum Gasteiger partial charge on any atom is -0.466 e. The van der Waals surface area contributed by atoms with E-state index in [1.54, 1.807) is 0 Å². The van der Waals surface area contributed by atoms with Crippen molar-refractivity contribution < 1.29 is 18.8 Å². The second-order valence-corrected chi connectivity index (χ2v) is 9.34. The van der Waals surface area contributed by atoms with E-state index >= 15 is 0 Å². The second kappa shape index (κ2) is 10.6. The Morgan fingerprint density at radius 1 is 1.06 bits per heavy atom. The van der Waals surface area contributed by atoms with E-state index in [4.69, 9.17) is 9.26 Å². The molecule has 32 heavy (non-hydrogen) atoms. The van der Waals surface area contributed by atoms with Crippen LogP contribution in [0.25, 0.3) is 11.4 Å². The minimum atomic E-state index is -0.128. The van der Waals surface area contributed by atoms with Gasteiger partial charge in [0, 0.05) is 29.0 Å². The number of carbonyl (C=O) groups excluding carboxylic acids is 2. The predicted octanol–water partition coefficient (Wildman–Crippen LogP) is 3.51. The predicted molar refractivity (Wildman–Crippen MR) is 121 cm³/mol. The summed E-state index contributed by atoms with van der Waals surface area (Å²) in [6.07, 6.45) is 3.04. The number of piperidine rings is 2. The highest BCUT2D eigenvalue weighted by Crippen LogP contribution is 2.25. The van der Waals surface area contributed by atoms with Crippen molar-refractivity contribution >= 4 is 27.8 Å². The summed E-state index contributed by atoms with van der Waals surface area (Å²) in [4.78, 5) is 33.6. The molecule has 2 aliphatic heterocycles. The number of likely N-dealkylation sites (tertiary alicyclic amines) is 2. The Bertz CT molecular complexity index is 916. The first-order valence-electron chi connectivity index (χ1n) is 11.3. The monoisotopic (exact) mass is 504 g/mol. The zero-order valence-electron chi connectivity index (χ0n) is 18.3. The van der Waals surface area contributed by atoms with Crippen LogP contribution < -0.4 is 0 Å². The number of ether oxygens (including phenoxy) is 1. The fourth-order valence-corrected chi connectivity index (χ4v) is 4.68. The molecule has 9 heteroatoms. The summed E-state index contributed by atoms with van der Waals surface area (Å²) in [5.74, 6) is 1.25. The fraction of sp³-hybridized carbons (Fsp3) is 0.565. The quantitative estimate of drug-likeness (QED) is 0.556. The van der Waals surface area contributed by atoms with Crippen LogP contribution in [-0.4, -0.2) is 64.6 Å². The van der Waals surface area contributed by atoms with Gasteiger partial charge in [-0.1, -0.05) is 21.1 Å². The summed E-state index contributed by atoms with van der Waals surface area (Å²) in [6, 6.07) is 7.80. The van der Waals surface area contributed by atoms with Gasteiger partial charge in [-0.15, -0.1) is 0 Å². The molecule has 4 rings (SSSR count). The molecule has 8 nitrogen and oxygen atoms in total. The molecule has 2 saturated heterocycles. The number of halogens is 1. The Morgan fingerprint density at radius 2 is 1.72 bits per heavy atom. The Balaban J connectivity index is 1.23. The van der Waals surface area contributed by atoms with Crippen LogP contribution in [0.2, 0.25) is 0 Å². The van der Waals surface area contributed by atoms with Gasteiger partial charge in [0.25, 0.3) is 0 Å². The summed E-state index contributed by atoms with van der Waals surface area (Å²) in [5.41, 5.74) is 0.916. The first-order valence-corrected chi connectivity index (χ1v) is 12.1. The van der Waals surface area contributed by atoms with E-state index in [1.165, 1.54) is 0 Å². The molecule has 1 amide bonds. The van der Waals surface area contributed by atoms with Crippen LogP contribution in [0.1, 0.15) is 38.5 Å². The fourth-order valence-electron chi connectivity index (χ4n) is 4.42. The summed E-state index contributed by atoms with van der Waals surface area (Å²) >= 11 is 3.43. The van der Waals surface area contributed by atoms with Crippen LogP contribution in [0.5, 0.6) is 0 Å². The SMILES string of the molecule is CCOC(=O)C1CCN(C(=O)C2CCN(Cc3nc(-c4ccc(Br)cc4)no3)CC2)CC1. The van der Waals surface area contributed by atoms with Gasteiger partial charge < -0.3 is 14.2 Å². The van der Waals surface area contributed by atoms with Crippen LogP contribution in [0, 0.1) is 11.8 Å². The lowest BCUT2D eigenvalue weighted by atomic mass is 9.92. The van der Waals surface area contributed by atoms with Crippen molar-refractivity contribution in [3.8, 4) is 11.4 Å². The molecule has 0 unspecified atom stereocenters. The summed E-state index contributed by atoms with van der Waals surface area (Å²) < 4.78 is 11.6. The zero-order chi connectivity index (χ0) is 22.5. The molecule has 0 N–H and O–H groups in total. The molecule has 0 bridgehead atoms. The number of hydrogen-bond donors (Lipinski definition) is 0. The van der Waals surface area contributed by atoms with Gasteiger partial charge in [-0.3, -0.25) is 14.5 Å². The average molecular weight is 505 g/mol. The third-order valence-corrected chi connectivity index (χ3v) is 6.82. The van der Waals surface area contributed by atoms with Gasteiger partial charge in [-0.2, -0.15) is 4.98 Å². The van der Waals surface area contributed by atoms with E-state index in [9.17, 15) is 9.59 Å². The first kappa shape index (κ1) is 22.9. The molecule has 3 heterocycles. The van der Waals surface area contributed by atoms with Crippen molar-refractivity contribution in [1.82, 2.24) is 19.9 Å². The van der Waals surface area contributed by atoms with E-state index in [0.717, 1.165) is 36.0 Å². The maximum atomic E-state index is 13.0. The smallest absolute Gasteiger partial charge is 0.309 e. The molecular formula is C23H29BrN4O4. The normalized spacial score (nSPS) is 18.6. The van der Waals surface area contributed by atoms with Gasteiger partial charge in [0.05, 0.1) is 19.1 Å². The molecule has 0 atom stereocenters. The minimum absolute atomic E-state index is 0.0476. The Labute approximate surface area is 196 Å². The topological polar surface area (TPSA) is 88.8 Å².